The molecule has 1 saturated heterocycles. The number of aromatic nitrogens is 4. The average molecular weight is 1010 g/mol. The number of phosphoric acid groups is 3. The average Bonchev–Trinajstić information content (AvgIpc) is 3.78. The van der Waals surface area contributed by atoms with E-state index in [9.17, 15) is 63.0 Å². The number of imidazole rings is 1. The largest absolute Gasteiger partial charge is 0.481 e. The van der Waals surface area contributed by atoms with E-state index >= 15 is 0 Å². The van der Waals surface area contributed by atoms with E-state index in [4.69, 9.17) is 19.5 Å². The normalized spacial score (nSPS) is 20.8. The van der Waals surface area contributed by atoms with Gasteiger partial charge in [-0.15, -0.1) is 0 Å². The molecule has 2 aromatic rings. The Hall–Kier alpha value is -2.48. The summed E-state index contributed by atoms with van der Waals surface area (Å²) in [5, 5.41) is 36.5. The number of rotatable bonds is 32. The molecule has 29 heteroatoms. The molecule has 2 amide bonds. The van der Waals surface area contributed by atoms with Gasteiger partial charge in [-0.1, -0.05) is 96.7 Å². The number of nitrogen functional groups attached to an aromatic ring is 1. The molecule has 0 saturated carbocycles. The van der Waals surface area contributed by atoms with Gasteiger partial charge in [0.25, 0.3) is 0 Å². The number of unbranched alkanes of at least 4 members (excludes halogenated alkanes) is 9. The van der Waals surface area contributed by atoms with Crippen LogP contribution in [0.4, 0.5) is 5.82 Å². The van der Waals surface area contributed by atoms with E-state index < -0.39 is 90.7 Å². The molecule has 0 spiro atoms. The standard InChI is InChI=1S/C36H64N7O18P3S/c1-4-5-6-7-8-9-10-11-12-13-14-24(44)19-27(46)65-18-17-38-26(45)15-16-39-34(49)31(48)36(2,3)21-58-64(55,56)61-63(53,54)57-20-25-30(60-62(50,51)52)29(47)35(59-25)43-23-42-28-32(37)40-22-41-33(28)43/h22-25,29-31,35,44,47-48H,4-21H2,1-3H3,(H,38,45)(H,39,49)(H,53,54)(H,55,56)(H2,37,40,41)(H2,50,51,52)/t24?,25-,29-,30-,31+,35-/m1/s1. The van der Waals surface area contributed by atoms with Crippen LogP contribution in [0.25, 0.3) is 11.2 Å². The minimum atomic E-state index is -5.58. The van der Waals surface area contributed by atoms with Crippen LogP contribution in [0.3, 0.4) is 0 Å². The third kappa shape index (κ3) is 20.3. The maximum atomic E-state index is 12.7. The molecule has 25 nitrogen and oxygen atoms in total. The van der Waals surface area contributed by atoms with Gasteiger partial charge in [0.05, 0.1) is 25.6 Å². The first kappa shape index (κ1) is 56.8. The molecule has 3 heterocycles. The second kappa shape index (κ2) is 26.9. The molecule has 3 rings (SSSR count). The van der Waals surface area contributed by atoms with E-state index in [-0.39, 0.29) is 53.8 Å². The van der Waals surface area contributed by atoms with Gasteiger partial charge in [-0.25, -0.2) is 28.6 Å². The number of amides is 2. The van der Waals surface area contributed by atoms with Crippen LogP contribution in [0.1, 0.15) is 110 Å². The van der Waals surface area contributed by atoms with E-state index in [1.165, 1.54) is 58.8 Å². The van der Waals surface area contributed by atoms with Gasteiger partial charge in [-0.2, -0.15) is 4.31 Å². The molecular weight excluding hydrogens is 943 g/mol. The summed E-state index contributed by atoms with van der Waals surface area (Å²) < 4.78 is 62.3. The summed E-state index contributed by atoms with van der Waals surface area (Å²) in [6.45, 7) is 2.60. The zero-order valence-electron chi connectivity index (χ0n) is 36.6. The van der Waals surface area contributed by atoms with Crippen molar-refractivity contribution in [3.63, 3.8) is 0 Å². The van der Waals surface area contributed by atoms with Crippen LogP contribution in [0.5, 0.6) is 0 Å². The molecule has 1 fully saturated rings. The van der Waals surface area contributed by atoms with E-state index in [1.54, 1.807) is 0 Å². The van der Waals surface area contributed by atoms with Gasteiger partial charge in [-0.05, 0) is 6.42 Å². The highest BCUT2D eigenvalue weighted by Crippen LogP contribution is 2.61. The van der Waals surface area contributed by atoms with Gasteiger partial charge in [0.15, 0.2) is 22.8 Å². The Morgan fingerprint density at radius 1 is 0.923 bits per heavy atom. The molecule has 65 heavy (non-hydrogen) atoms. The van der Waals surface area contributed by atoms with E-state index in [0.717, 1.165) is 48.2 Å². The fourth-order valence-corrected chi connectivity index (χ4v) is 10.1. The zero-order chi connectivity index (χ0) is 48.4. The number of carbonyl (C=O) groups excluding carboxylic acids is 3. The van der Waals surface area contributed by atoms with Gasteiger partial charge in [-0.3, -0.25) is 32.5 Å². The third-order valence-corrected chi connectivity index (χ3v) is 14.1. The molecule has 3 unspecified atom stereocenters. The van der Waals surface area contributed by atoms with Crippen molar-refractivity contribution < 1.29 is 85.6 Å². The lowest BCUT2D eigenvalue weighted by Crippen LogP contribution is -2.46. The van der Waals surface area contributed by atoms with Crippen LogP contribution in [0, 0.1) is 5.41 Å². The van der Waals surface area contributed by atoms with Crippen molar-refractivity contribution in [2.24, 2.45) is 5.41 Å². The van der Waals surface area contributed by atoms with Crippen molar-refractivity contribution in [1.82, 2.24) is 30.2 Å². The predicted molar refractivity (Wildman–Crippen MR) is 234 cm³/mol. The van der Waals surface area contributed by atoms with Crippen LogP contribution in [0.2, 0.25) is 0 Å². The maximum Gasteiger partial charge on any atom is 0.481 e. The fourth-order valence-electron chi connectivity index (χ4n) is 6.52. The lowest BCUT2D eigenvalue weighted by atomic mass is 9.87. The van der Waals surface area contributed by atoms with Crippen molar-refractivity contribution in [2.45, 2.75) is 141 Å². The summed E-state index contributed by atoms with van der Waals surface area (Å²) >= 11 is 0.997. The van der Waals surface area contributed by atoms with E-state index in [1.807, 2.05) is 0 Å². The first-order valence-corrected chi connectivity index (χ1v) is 26.7. The van der Waals surface area contributed by atoms with Gasteiger partial charge >= 0.3 is 23.5 Å². The quantitative estimate of drug-likeness (QED) is 0.0372. The highest BCUT2D eigenvalue weighted by Gasteiger charge is 2.50. The number of aliphatic hydroxyl groups excluding tert-OH is 3. The number of anilines is 1. The van der Waals surface area contributed by atoms with E-state index in [0.29, 0.717) is 6.42 Å². The monoisotopic (exact) mass is 1010 g/mol. The van der Waals surface area contributed by atoms with Crippen molar-refractivity contribution in [2.75, 3.05) is 37.8 Å². The lowest BCUT2D eigenvalue weighted by molar-refractivity contribution is -0.137. The second-order valence-corrected chi connectivity index (χ2v) is 21.5. The molecular formula is C36H64N7O18P3S. The molecule has 11 N–H and O–H groups in total. The summed E-state index contributed by atoms with van der Waals surface area (Å²) in [7, 11) is -16.4. The number of nitrogens with one attached hydrogen (secondary N) is 2. The lowest BCUT2D eigenvalue weighted by Gasteiger charge is -2.30. The molecule has 0 bridgehead atoms. The molecule has 8 atom stereocenters. The number of ether oxygens (including phenoxy) is 1. The number of hydrogen-bond donors (Lipinski definition) is 10. The first-order valence-electron chi connectivity index (χ1n) is 21.2. The van der Waals surface area contributed by atoms with Crippen molar-refractivity contribution in [1.29, 1.82) is 0 Å². The Balaban J connectivity index is 1.35. The minimum absolute atomic E-state index is 0.0257. The summed E-state index contributed by atoms with van der Waals surface area (Å²) in [4.78, 5) is 88.3. The Labute approximate surface area is 380 Å². The van der Waals surface area contributed by atoms with Gasteiger partial charge < -0.3 is 56.0 Å². The molecule has 2 aromatic heterocycles. The molecule has 1 aliphatic rings. The third-order valence-electron chi connectivity index (χ3n) is 10.1. The van der Waals surface area contributed by atoms with Gasteiger partial charge in [0, 0.05) is 37.1 Å². The number of fused-ring (bicyclic) bond motifs is 1. The molecule has 372 valence electrons. The van der Waals surface area contributed by atoms with E-state index in [2.05, 4.69) is 41.3 Å². The van der Waals surface area contributed by atoms with Crippen LogP contribution in [0.15, 0.2) is 12.7 Å². The topological polar surface area (TPSA) is 384 Å². The Bertz CT molecular complexity index is 1980. The number of aliphatic hydroxyl groups is 3. The highest BCUT2D eigenvalue weighted by molar-refractivity contribution is 8.13. The predicted octanol–water partition coefficient (Wildman–Crippen LogP) is 2.73. The number of carbonyl (C=O) groups is 3. The number of hydrogen-bond acceptors (Lipinski definition) is 19. The van der Waals surface area contributed by atoms with Crippen LogP contribution < -0.4 is 16.4 Å². The molecule has 0 aromatic carbocycles. The van der Waals surface area contributed by atoms with Crippen molar-refractivity contribution in [3.8, 4) is 0 Å². The van der Waals surface area contributed by atoms with Crippen molar-refractivity contribution >= 4 is 69.1 Å². The second-order valence-electron chi connectivity index (χ2n) is 16.1. The number of thioether (sulfide) groups is 1. The summed E-state index contributed by atoms with van der Waals surface area (Å²) in [6, 6.07) is 0. The van der Waals surface area contributed by atoms with Crippen LogP contribution in [-0.4, -0.2) is 134 Å². The van der Waals surface area contributed by atoms with Gasteiger partial charge in [0.2, 0.25) is 11.8 Å². The number of phosphoric ester groups is 3. The zero-order valence-corrected chi connectivity index (χ0v) is 40.1. The summed E-state index contributed by atoms with van der Waals surface area (Å²) in [5.41, 5.74) is 4.25. The maximum absolute atomic E-state index is 12.7. The highest BCUT2D eigenvalue weighted by atomic mass is 32.2. The van der Waals surface area contributed by atoms with Crippen LogP contribution >= 0.6 is 35.2 Å². The smallest absolute Gasteiger partial charge is 0.393 e. The van der Waals surface area contributed by atoms with Crippen molar-refractivity contribution in [3.05, 3.63) is 12.7 Å². The number of nitrogens with zero attached hydrogens (tertiary/aromatic N) is 4. The molecule has 1 aliphatic heterocycles. The van der Waals surface area contributed by atoms with Crippen LogP contribution in [-0.2, 0) is 50.7 Å². The Morgan fingerprint density at radius 2 is 1.55 bits per heavy atom. The summed E-state index contributed by atoms with van der Waals surface area (Å²) in [5.74, 6) is -1.22. The molecule has 0 radical (unpaired) electrons. The van der Waals surface area contributed by atoms with Gasteiger partial charge in [0.1, 0.15) is 36.3 Å². The first-order chi connectivity index (χ1) is 30.4. The Kier molecular flexibility index (Phi) is 23.5. The fraction of sp³-hybridized carbons (Fsp3) is 0.778. The molecule has 0 aliphatic carbocycles. The number of nitrogens with two attached hydrogens (primary N) is 1. The minimum Gasteiger partial charge on any atom is -0.393 e. The Morgan fingerprint density at radius 3 is 2.20 bits per heavy atom. The SMILES string of the molecule is CCCCCCCCCCCCC(O)CC(=O)SCCNC(=O)CCNC(=O)[C@H](O)C(C)(C)COP(=O)(O)OP(=O)(O)OC[C@H]1O[C@@H](n2cnc3c(N)ncnc32)[C@H](O)[C@@H]1OP(=O)(O)O. The summed E-state index contributed by atoms with van der Waals surface area (Å²) in [6.07, 6.45) is 4.67.